The Hall–Kier alpha value is -1.06. The van der Waals surface area contributed by atoms with Crippen molar-refractivity contribution in [2.75, 3.05) is 52.2 Å². The second-order valence-electron chi connectivity index (χ2n) is 6.73. The molecular weight excluding hydrogens is 429 g/mol. The summed E-state index contributed by atoms with van der Waals surface area (Å²) in [6, 6.07) is 8.11. The molecule has 142 valence electrons. The smallest absolute Gasteiger partial charge is 0.193 e. The summed E-state index contributed by atoms with van der Waals surface area (Å²) in [6.07, 6.45) is 0. The zero-order valence-corrected chi connectivity index (χ0v) is 18.1. The molecule has 2 rings (SSSR count). The van der Waals surface area contributed by atoms with Crippen molar-refractivity contribution in [2.45, 2.75) is 19.9 Å². The molecule has 0 spiro atoms. The second kappa shape index (κ2) is 10.8. The van der Waals surface area contributed by atoms with E-state index >= 15 is 0 Å². The number of halogens is 1. The highest BCUT2D eigenvalue weighted by molar-refractivity contribution is 14.0. The molecule has 1 aromatic carbocycles. The number of nitrogens with one attached hydrogen (secondary N) is 1. The van der Waals surface area contributed by atoms with Crippen LogP contribution in [-0.4, -0.2) is 68.7 Å². The SMILES string of the molecule is COc1cccc(NC(N)=NCC(C(C)C)N2CCN(C)CC2)c1.I. The molecule has 1 atom stereocenters. The summed E-state index contributed by atoms with van der Waals surface area (Å²) in [6.45, 7) is 9.64. The van der Waals surface area contributed by atoms with Crippen molar-refractivity contribution < 1.29 is 4.74 Å². The molecule has 1 saturated heterocycles. The number of anilines is 1. The van der Waals surface area contributed by atoms with Gasteiger partial charge in [0.15, 0.2) is 5.96 Å². The summed E-state index contributed by atoms with van der Waals surface area (Å²) in [7, 11) is 3.83. The molecule has 1 unspecified atom stereocenters. The lowest BCUT2D eigenvalue weighted by Gasteiger charge is -2.39. The minimum atomic E-state index is 0. The van der Waals surface area contributed by atoms with Crippen molar-refractivity contribution in [1.82, 2.24) is 9.80 Å². The van der Waals surface area contributed by atoms with Crippen LogP contribution in [0.5, 0.6) is 5.75 Å². The number of methoxy groups -OCH3 is 1. The molecule has 0 bridgehead atoms. The van der Waals surface area contributed by atoms with Gasteiger partial charge in [0.2, 0.25) is 0 Å². The van der Waals surface area contributed by atoms with Gasteiger partial charge in [0.1, 0.15) is 5.75 Å². The van der Waals surface area contributed by atoms with Crippen LogP contribution in [0.15, 0.2) is 29.3 Å². The van der Waals surface area contributed by atoms with Crippen LogP contribution in [0, 0.1) is 5.92 Å². The zero-order chi connectivity index (χ0) is 17.5. The molecule has 0 aliphatic carbocycles. The van der Waals surface area contributed by atoms with E-state index in [4.69, 9.17) is 10.5 Å². The highest BCUT2D eigenvalue weighted by atomic mass is 127. The average molecular weight is 461 g/mol. The lowest BCUT2D eigenvalue weighted by molar-refractivity contribution is 0.0926. The van der Waals surface area contributed by atoms with Crippen LogP contribution in [0.25, 0.3) is 0 Å². The van der Waals surface area contributed by atoms with E-state index in [1.54, 1.807) is 7.11 Å². The summed E-state index contributed by atoms with van der Waals surface area (Å²) in [5, 5.41) is 3.14. The molecule has 6 nitrogen and oxygen atoms in total. The lowest BCUT2D eigenvalue weighted by Crippen LogP contribution is -2.51. The van der Waals surface area contributed by atoms with Crippen LogP contribution < -0.4 is 15.8 Å². The monoisotopic (exact) mass is 461 g/mol. The van der Waals surface area contributed by atoms with Crippen molar-refractivity contribution >= 4 is 35.6 Å². The van der Waals surface area contributed by atoms with Gasteiger partial charge in [-0.2, -0.15) is 0 Å². The first kappa shape index (κ1) is 22.0. The number of likely N-dealkylation sites (N-methyl/N-ethyl adjacent to an activating group) is 1. The van der Waals surface area contributed by atoms with Gasteiger partial charge in [-0.15, -0.1) is 24.0 Å². The molecule has 3 N–H and O–H groups in total. The topological polar surface area (TPSA) is 66.1 Å². The number of aliphatic imine (C=N–C) groups is 1. The van der Waals surface area contributed by atoms with Crippen molar-refractivity contribution in [3.8, 4) is 5.75 Å². The van der Waals surface area contributed by atoms with Gasteiger partial charge in [-0.1, -0.05) is 19.9 Å². The van der Waals surface area contributed by atoms with E-state index < -0.39 is 0 Å². The van der Waals surface area contributed by atoms with Gasteiger partial charge >= 0.3 is 0 Å². The molecule has 1 aromatic rings. The number of hydrogen-bond donors (Lipinski definition) is 2. The maximum absolute atomic E-state index is 6.07. The number of hydrogen-bond acceptors (Lipinski definition) is 4. The van der Waals surface area contributed by atoms with E-state index in [2.05, 4.69) is 41.0 Å². The van der Waals surface area contributed by atoms with Crippen LogP contribution in [0.2, 0.25) is 0 Å². The fraction of sp³-hybridized carbons (Fsp3) is 0.611. The Morgan fingerprint density at radius 2 is 1.96 bits per heavy atom. The molecule has 1 aliphatic rings. The van der Waals surface area contributed by atoms with E-state index in [-0.39, 0.29) is 24.0 Å². The number of ether oxygens (including phenoxy) is 1. The summed E-state index contributed by atoms with van der Waals surface area (Å²) in [5.74, 6) is 1.79. The molecule has 0 radical (unpaired) electrons. The normalized spacial score (nSPS) is 17.9. The van der Waals surface area contributed by atoms with Crippen LogP contribution in [0.1, 0.15) is 13.8 Å². The highest BCUT2D eigenvalue weighted by Gasteiger charge is 2.24. The largest absolute Gasteiger partial charge is 0.497 e. The maximum Gasteiger partial charge on any atom is 0.193 e. The van der Waals surface area contributed by atoms with Crippen LogP contribution in [0.3, 0.4) is 0 Å². The summed E-state index contributed by atoms with van der Waals surface area (Å²) in [5.41, 5.74) is 6.95. The van der Waals surface area contributed by atoms with E-state index in [1.165, 1.54) is 0 Å². The quantitative estimate of drug-likeness (QED) is 0.387. The third-order valence-corrected chi connectivity index (χ3v) is 4.57. The van der Waals surface area contributed by atoms with Crippen molar-refractivity contribution in [2.24, 2.45) is 16.6 Å². The first-order valence-corrected chi connectivity index (χ1v) is 8.63. The Morgan fingerprint density at radius 1 is 1.28 bits per heavy atom. The Balaban J connectivity index is 0.00000312. The molecular formula is C18H32IN5O. The van der Waals surface area contributed by atoms with E-state index in [1.807, 2.05) is 24.3 Å². The summed E-state index contributed by atoms with van der Waals surface area (Å²) in [4.78, 5) is 9.48. The molecule has 0 saturated carbocycles. The predicted molar refractivity (Wildman–Crippen MR) is 116 cm³/mol. The Kier molecular flexibility index (Phi) is 9.52. The van der Waals surface area contributed by atoms with E-state index in [0.717, 1.165) is 37.6 Å². The molecule has 7 heteroatoms. The van der Waals surface area contributed by atoms with Crippen LogP contribution >= 0.6 is 24.0 Å². The fourth-order valence-electron chi connectivity index (χ4n) is 2.98. The third kappa shape index (κ3) is 6.99. The molecule has 1 fully saturated rings. The lowest BCUT2D eigenvalue weighted by atomic mass is 10.0. The molecule has 1 aliphatic heterocycles. The number of rotatable bonds is 6. The van der Waals surface area contributed by atoms with E-state index in [0.29, 0.717) is 24.5 Å². The number of benzene rings is 1. The highest BCUT2D eigenvalue weighted by Crippen LogP contribution is 2.17. The molecule has 1 heterocycles. The van der Waals surface area contributed by atoms with Gasteiger partial charge < -0.3 is 20.7 Å². The van der Waals surface area contributed by atoms with Gasteiger partial charge in [-0.3, -0.25) is 9.89 Å². The minimum Gasteiger partial charge on any atom is -0.497 e. The first-order valence-electron chi connectivity index (χ1n) is 8.63. The summed E-state index contributed by atoms with van der Waals surface area (Å²) < 4.78 is 5.22. The standard InChI is InChI=1S/C18H31N5O.HI/c1-14(2)17(23-10-8-22(3)9-11-23)13-20-18(19)21-15-6-5-7-16(12-15)24-4;/h5-7,12,14,17H,8-11,13H2,1-4H3,(H3,19,20,21);1H. The van der Waals surface area contributed by atoms with Crippen molar-refractivity contribution in [3.63, 3.8) is 0 Å². The molecule has 0 amide bonds. The summed E-state index contributed by atoms with van der Waals surface area (Å²) >= 11 is 0. The van der Waals surface area contributed by atoms with E-state index in [9.17, 15) is 0 Å². The van der Waals surface area contributed by atoms with Gasteiger partial charge in [-0.25, -0.2) is 0 Å². The first-order chi connectivity index (χ1) is 11.5. The van der Waals surface area contributed by atoms with Crippen LogP contribution in [0.4, 0.5) is 5.69 Å². The fourth-order valence-corrected chi connectivity index (χ4v) is 2.98. The number of guanidine groups is 1. The van der Waals surface area contributed by atoms with Crippen LogP contribution in [-0.2, 0) is 0 Å². The number of nitrogens with zero attached hydrogens (tertiary/aromatic N) is 3. The van der Waals surface area contributed by atoms with Gasteiger partial charge in [0.05, 0.1) is 13.7 Å². The number of piperazine rings is 1. The van der Waals surface area contributed by atoms with Gasteiger partial charge in [0, 0.05) is 44.0 Å². The Labute approximate surface area is 168 Å². The minimum absolute atomic E-state index is 0. The van der Waals surface area contributed by atoms with Gasteiger partial charge in [-0.05, 0) is 25.1 Å². The zero-order valence-electron chi connectivity index (χ0n) is 15.7. The third-order valence-electron chi connectivity index (χ3n) is 4.57. The average Bonchev–Trinajstić information content (AvgIpc) is 2.56. The number of nitrogens with two attached hydrogens (primary N) is 1. The predicted octanol–water partition coefficient (Wildman–Crippen LogP) is 2.31. The Morgan fingerprint density at radius 3 is 2.56 bits per heavy atom. The van der Waals surface area contributed by atoms with Crippen molar-refractivity contribution in [1.29, 1.82) is 0 Å². The molecule has 0 aromatic heterocycles. The van der Waals surface area contributed by atoms with Gasteiger partial charge in [0.25, 0.3) is 0 Å². The molecule has 25 heavy (non-hydrogen) atoms. The maximum atomic E-state index is 6.07. The second-order valence-corrected chi connectivity index (χ2v) is 6.73. The van der Waals surface area contributed by atoms with Crippen molar-refractivity contribution in [3.05, 3.63) is 24.3 Å². The Bertz CT molecular complexity index is 544.